The van der Waals surface area contributed by atoms with Crippen LogP contribution in [0.25, 0.3) is 0 Å². The van der Waals surface area contributed by atoms with Crippen molar-refractivity contribution < 1.29 is 90.5 Å². The van der Waals surface area contributed by atoms with E-state index in [0.717, 1.165) is 48.5 Å². The largest absolute Gasteiger partial charge is 0.463 e. The Bertz CT molecular complexity index is 1280. The van der Waals surface area contributed by atoms with E-state index in [1.807, 2.05) is 0 Å². The number of rotatable bonds is 14. The van der Waals surface area contributed by atoms with Crippen LogP contribution in [0.5, 0.6) is 0 Å². The maximum atomic E-state index is 12.7. The molecule has 0 aliphatic carbocycles. The lowest BCUT2D eigenvalue weighted by atomic mass is 9.95. The van der Waals surface area contributed by atoms with Gasteiger partial charge in [0.1, 0.15) is 44.2 Å². The molecule has 280 valence electrons. The van der Waals surface area contributed by atoms with Gasteiger partial charge in [0.05, 0.1) is 0 Å². The van der Waals surface area contributed by atoms with Crippen LogP contribution in [-0.2, 0) is 85.7 Å². The van der Waals surface area contributed by atoms with Gasteiger partial charge < -0.3 is 57.4 Å². The number of carbonyl (C=O) groups excluding carboxylic acids is 8. The fourth-order valence-electron chi connectivity index (χ4n) is 4.92. The number of ether oxygens (including phenoxy) is 11. The van der Waals surface area contributed by atoms with Crippen molar-refractivity contribution in [3.05, 3.63) is 12.7 Å². The molecule has 0 radical (unpaired) electrons. The molecule has 2 aliphatic heterocycles. The number of esters is 7. The summed E-state index contributed by atoms with van der Waals surface area (Å²) in [5.74, 6) is -6.15. The Morgan fingerprint density at radius 2 is 0.980 bits per heavy atom. The van der Waals surface area contributed by atoms with Gasteiger partial charge in [0.2, 0.25) is 6.29 Å². The molecule has 1 amide bonds. The number of alkyl carbamates (subject to hydrolysis) is 1. The lowest BCUT2D eigenvalue weighted by Crippen LogP contribution is -2.69. The minimum atomic E-state index is -1.85. The highest BCUT2D eigenvalue weighted by Gasteiger charge is 2.57. The number of nitrogens with one attached hydrogen (secondary N) is 1. The second-order valence-electron chi connectivity index (χ2n) is 10.8. The van der Waals surface area contributed by atoms with Crippen LogP contribution in [0, 0.1) is 0 Å². The molecule has 10 atom stereocenters. The molecule has 0 aromatic rings. The van der Waals surface area contributed by atoms with Gasteiger partial charge >= 0.3 is 47.9 Å². The molecule has 2 heterocycles. The Morgan fingerprint density at radius 3 is 1.46 bits per heavy atom. The molecule has 0 bridgehead atoms. The fourth-order valence-corrected chi connectivity index (χ4v) is 4.92. The highest BCUT2D eigenvalue weighted by Crippen LogP contribution is 2.35. The lowest BCUT2D eigenvalue weighted by Gasteiger charge is -2.48. The zero-order valence-electron chi connectivity index (χ0n) is 28.4. The van der Waals surface area contributed by atoms with Crippen LogP contribution in [0.1, 0.15) is 48.5 Å². The summed E-state index contributed by atoms with van der Waals surface area (Å²) in [6.45, 7) is 9.20. The minimum Gasteiger partial charge on any atom is -0.463 e. The molecule has 2 fully saturated rings. The van der Waals surface area contributed by atoms with Crippen molar-refractivity contribution in [2.45, 2.75) is 110 Å². The average Bonchev–Trinajstić information content (AvgIpc) is 2.98. The van der Waals surface area contributed by atoms with Crippen LogP contribution in [0.15, 0.2) is 12.7 Å². The van der Waals surface area contributed by atoms with Gasteiger partial charge in [-0.05, 0) is 0 Å². The smallest absolute Gasteiger partial charge is 0.408 e. The molecule has 0 spiro atoms. The molecule has 0 aromatic carbocycles. The highest BCUT2D eigenvalue weighted by molar-refractivity contribution is 5.70. The molecule has 20 heteroatoms. The molecule has 1 unspecified atom stereocenters. The van der Waals surface area contributed by atoms with E-state index in [-0.39, 0.29) is 6.61 Å². The first kappa shape index (κ1) is 41.4. The third-order valence-corrected chi connectivity index (χ3v) is 6.54. The molecular weight excluding hydrogens is 678 g/mol. The molecule has 2 saturated heterocycles. The van der Waals surface area contributed by atoms with Crippen LogP contribution in [0.2, 0.25) is 0 Å². The predicted octanol–water partition coefficient (Wildman–Crippen LogP) is -0.482. The first-order valence-electron chi connectivity index (χ1n) is 15.1. The van der Waals surface area contributed by atoms with E-state index in [9.17, 15) is 38.4 Å². The molecular formula is C30H41NO19. The monoisotopic (exact) mass is 719 g/mol. The highest BCUT2D eigenvalue weighted by atomic mass is 16.8. The molecule has 0 aromatic heterocycles. The van der Waals surface area contributed by atoms with Crippen LogP contribution in [0.4, 0.5) is 4.79 Å². The Labute approximate surface area is 286 Å². The summed E-state index contributed by atoms with van der Waals surface area (Å²) in [4.78, 5) is 97.5. The van der Waals surface area contributed by atoms with E-state index in [1.54, 1.807) is 0 Å². The Hall–Kier alpha value is -4.82. The van der Waals surface area contributed by atoms with Crippen molar-refractivity contribution >= 4 is 47.9 Å². The van der Waals surface area contributed by atoms with Crippen molar-refractivity contribution in [1.82, 2.24) is 5.32 Å². The zero-order chi connectivity index (χ0) is 37.7. The van der Waals surface area contributed by atoms with Crippen LogP contribution in [0.3, 0.4) is 0 Å². The van der Waals surface area contributed by atoms with Crippen LogP contribution < -0.4 is 5.32 Å². The molecule has 20 nitrogen and oxygen atoms in total. The van der Waals surface area contributed by atoms with Gasteiger partial charge in [-0.25, -0.2) is 4.79 Å². The van der Waals surface area contributed by atoms with Crippen molar-refractivity contribution in [2.75, 3.05) is 19.8 Å². The van der Waals surface area contributed by atoms with E-state index in [1.165, 1.54) is 6.08 Å². The average molecular weight is 720 g/mol. The summed E-state index contributed by atoms with van der Waals surface area (Å²) in [5, 5.41) is 2.38. The Kier molecular flexibility index (Phi) is 16.0. The van der Waals surface area contributed by atoms with Gasteiger partial charge in [-0.15, -0.1) is 0 Å². The van der Waals surface area contributed by atoms with E-state index in [4.69, 9.17) is 52.1 Å². The van der Waals surface area contributed by atoms with Gasteiger partial charge in [-0.3, -0.25) is 33.6 Å². The lowest BCUT2D eigenvalue weighted by molar-refractivity contribution is -0.348. The van der Waals surface area contributed by atoms with Gasteiger partial charge in [0, 0.05) is 48.5 Å². The fraction of sp³-hybridized carbons (Fsp3) is 0.667. The maximum Gasteiger partial charge on any atom is 0.408 e. The molecule has 0 saturated carbocycles. The third kappa shape index (κ3) is 12.9. The van der Waals surface area contributed by atoms with Gasteiger partial charge in [-0.2, -0.15) is 0 Å². The van der Waals surface area contributed by atoms with Gasteiger partial charge in [0.15, 0.2) is 30.7 Å². The van der Waals surface area contributed by atoms with Crippen molar-refractivity contribution in [1.29, 1.82) is 0 Å². The summed E-state index contributed by atoms with van der Waals surface area (Å²) in [6.07, 6.45) is -14.6. The topological polar surface area (TPSA) is 250 Å². The molecule has 2 aliphatic rings. The third-order valence-electron chi connectivity index (χ3n) is 6.54. The van der Waals surface area contributed by atoms with Crippen molar-refractivity contribution in [3.8, 4) is 0 Å². The number of carbonyl (C=O) groups is 8. The Balaban J connectivity index is 2.75. The standard InChI is InChI=1S/C30H41NO19/c1-9-10-40-30(39)31-22-25(44-16(5)35)23(20(11-41-13(2)32)48-28(22)47-19(8)38)50-29-27(46-18(7)37)26(45-17(6)36)24(43-15(4)34)21(49-29)12-42-14(3)33/h9,20-29H,1,10-12H2,2-8H3,(H,31,39)/t20-,21-,22-,23-,24+,25-,26+,27-,28?,29+/m1/s1. The summed E-state index contributed by atoms with van der Waals surface area (Å²) >= 11 is 0. The first-order valence-corrected chi connectivity index (χ1v) is 15.1. The van der Waals surface area contributed by atoms with E-state index in [0.29, 0.717) is 0 Å². The summed E-state index contributed by atoms with van der Waals surface area (Å²) in [6, 6.07) is -1.58. The minimum absolute atomic E-state index is 0.254. The van der Waals surface area contributed by atoms with E-state index >= 15 is 0 Å². The second-order valence-corrected chi connectivity index (χ2v) is 10.8. The second kappa shape index (κ2) is 19.4. The summed E-state index contributed by atoms with van der Waals surface area (Å²) in [5.41, 5.74) is 0. The van der Waals surface area contributed by atoms with Crippen molar-refractivity contribution in [3.63, 3.8) is 0 Å². The SMILES string of the molecule is C=CCOC(=O)N[C@H]1C(OC(C)=O)O[C@H](COC(C)=O)[C@@H](O[C@@H]2O[C@H](COC(C)=O)[C@H](OC(C)=O)[C@H](OC(C)=O)[C@H]2OC(C)=O)[C@@H]1OC(C)=O. The van der Waals surface area contributed by atoms with Crippen LogP contribution in [-0.4, -0.2) is 129 Å². The molecule has 50 heavy (non-hydrogen) atoms. The van der Waals surface area contributed by atoms with Crippen LogP contribution >= 0.6 is 0 Å². The quantitative estimate of drug-likeness (QED) is 0.135. The van der Waals surface area contributed by atoms with Gasteiger partial charge in [0.25, 0.3) is 0 Å². The maximum absolute atomic E-state index is 12.7. The number of hydrogen-bond acceptors (Lipinski definition) is 19. The number of hydrogen-bond donors (Lipinski definition) is 1. The van der Waals surface area contributed by atoms with E-state index < -0.39 is 122 Å². The molecule has 2 rings (SSSR count). The summed E-state index contributed by atoms with van der Waals surface area (Å²) in [7, 11) is 0. The zero-order valence-corrected chi connectivity index (χ0v) is 28.4. The van der Waals surface area contributed by atoms with E-state index in [2.05, 4.69) is 11.9 Å². The predicted molar refractivity (Wildman–Crippen MR) is 158 cm³/mol. The number of amides is 1. The summed E-state index contributed by atoms with van der Waals surface area (Å²) < 4.78 is 60.4. The molecule has 1 N–H and O–H groups in total. The van der Waals surface area contributed by atoms with Crippen molar-refractivity contribution in [2.24, 2.45) is 0 Å². The van der Waals surface area contributed by atoms with Gasteiger partial charge in [-0.1, -0.05) is 12.7 Å². The normalized spacial score (nSPS) is 28.8. The first-order chi connectivity index (χ1) is 23.4. The Morgan fingerprint density at radius 1 is 0.540 bits per heavy atom.